The van der Waals surface area contributed by atoms with Gasteiger partial charge in [0.15, 0.2) is 0 Å². The molecule has 2 atom stereocenters. The third-order valence-corrected chi connectivity index (χ3v) is 5.48. The van der Waals surface area contributed by atoms with Gasteiger partial charge in [0.1, 0.15) is 5.60 Å². The van der Waals surface area contributed by atoms with Crippen LogP contribution in [0.2, 0.25) is 0 Å². The van der Waals surface area contributed by atoms with Crippen molar-refractivity contribution in [1.82, 2.24) is 15.2 Å². The molecule has 1 fully saturated rings. The van der Waals surface area contributed by atoms with E-state index in [1.165, 1.54) is 0 Å². The molecule has 0 aliphatic heterocycles. The second-order valence-electron chi connectivity index (χ2n) is 9.76. The molecule has 0 radical (unpaired) electrons. The summed E-state index contributed by atoms with van der Waals surface area (Å²) in [6, 6.07) is 10.6. The Bertz CT molecular complexity index is 1000. The fourth-order valence-corrected chi connectivity index (χ4v) is 3.51. The molecule has 1 aliphatic rings. The molecule has 1 aromatic carbocycles. The highest BCUT2D eigenvalue weighted by atomic mass is 16.6. The average molecular weight is 467 g/mol. The van der Waals surface area contributed by atoms with Crippen LogP contribution in [-0.4, -0.2) is 46.5 Å². The lowest BCUT2D eigenvalue weighted by Gasteiger charge is -2.27. The highest BCUT2D eigenvalue weighted by molar-refractivity contribution is 5.98. The van der Waals surface area contributed by atoms with Crippen molar-refractivity contribution in [1.29, 1.82) is 0 Å². The minimum absolute atomic E-state index is 0.000841. The Morgan fingerprint density at radius 3 is 2.59 bits per heavy atom. The Labute approximate surface area is 201 Å². The second-order valence-corrected chi connectivity index (χ2v) is 9.76. The number of aromatic nitrogens is 1. The van der Waals surface area contributed by atoms with Gasteiger partial charge in [-0.05, 0) is 69.4 Å². The SMILES string of the molecule is CC1CC1C(=O)Nc1cccc(C(=O)NCCCN(Cc2cccnc2)C(=O)OC(C)(C)C)c1. The van der Waals surface area contributed by atoms with Crippen molar-refractivity contribution < 1.29 is 19.1 Å². The first-order valence-corrected chi connectivity index (χ1v) is 11.7. The summed E-state index contributed by atoms with van der Waals surface area (Å²) in [5, 5.41) is 5.77. The molecule has 8 nitrogen and oxygen atoms in total. The quantitative estimate of drug-likeness (QED) is 0.539. The van der Waals surface area contributed by atoms with Gasteiger partial charge in [0, 0.05) is 42.7 Å². The molecule has 1 saturated carbocycles. The van der Waals surface area contributed by atoms with Gasteiger partial charge in [-0.3, -0.25) is 14.6 Å². The normalized spacial score (nSPS) is 16.9. The van der Waals surface area contributed by atoms with Crippen LogP contribution in [0.15, 0.2) is 48.8 Å². The van der Waals surface area contributed by atoms with Gasteiger partial charge in [0.25, 0.3) is 5.91 Å². The zero-order chi connectivity index (χ0) is 24.7. The van der Waals surface area contributed by atoms with Gasteiger partial charge < -0.3 is 20.3 Å². The van der Waals surface area contributed by atoms with Crippen molar-refractivity contribution in [3.05, 3.63) is 59.9 Å². The van der Waals surface area contributed by atoms with E-state index in [0.29, 0.717) is 43.2 Å². The number of rotatable bonds is 9. The molecule has 34 heavy (non-hydrogen) atoms. The highest BCUT2D eigenvalue weighted by Gasteiger charge is 2.39. The lowest BCUT2D eigenvalue weighted by atomic mass is 10.1. The number of nitrogens with one attached hydrogen (secondary N) is 2. The summed E-state index contributed by atoms with van der Waals surface area (Å²) in [6.07, 6.45) is 4.46. The molecule has 1 aliphatic carbocycles. The van der Waals surface area contributed by atoms with Gasteiger partial charge >= 0.3 is 6.09 Å². The maximum atomic E-state index is 12.7. The van der Waals surface area contributed by atoms with Crippen LogP contribution in [-0.2, 0) is 16.1 Å². The van der Waals surface area contributed by atoms with E-state index < -0.39 is 11.7 Å². The van der Waals surface area contributed by atoms with E-state index in [-0.39, 0.29) is 17.7 Å². The van der Waals surface area contributed by atoms with Gasteiger partial charge in [-0.25, -0.2) is 4.79 Å². The van der Waals surface area contributed by atoms with E-state index >= 15 is 0 Å². The Hall–Kier alpha value is -3.42. The molecule has 182 valence electrons. The molecule has 1 heterocycles. The van der Waals surface area contributed by atoms with Crippen LogP contribution in [0, 0.1) is 11.8 Å². The number of pyridine rings is 1. The van der Waals surface area contributed by atoms with Gasteiger partial charge in [-0.1, -0.05) is 19.1 Å². The van der Waals surface area contributed by atoms with Crippen LogP contribution in [0.3, 0.4) is 0 Å². The fraction of sp³-hybridized carbons (Fsp3) is 0.462. The van der Waals surface area contributed by atoms with Crippen molar-refractivity contribution >= 4 is 23.6 Å². The summed E-state index contributed by atoms with van der Waals surface area (Å²) >= 11 is 0. The summed E-state index contributed by atoms with van der Waals surface area (Å²) in [7, 11) is 0. The molecule has 3 amide bonds. The second kappa shape index (κ2) is 11.1. The third kappa shape index (κ3) is 7.86. The number of hydrogen-bond donors (Lipinski definition) is 2. The molecule has 0 spiro atoms. The maximum absolute atomic E-state index is 12.7. The van der Waals surface area contributed by atoms with E-state index in [1.807, 2.05) is 32.9 Å². The summed E-state index contributed by atoms with van der Waals surface area (Å²) in [5.41, 5.74) is 1.39. The summed E-state index contributed by atoms with van der Waals surface area (Å²) < 4.78 is 5.54. The van der Waals surface area contributed by atoms with Crippen molar-refractivity contribution in [2.45, 2.75) is 52.7 Å². The van der Waals surface area contributed by atoms with Crippen LogP contribution in [0.25, 0.3) is 0 Å². The number of ether oxygens (including phenoxy) is 1. The number of amides is 3. The number of benzene rings is 1. The monoisotopic (exact) mass is 466 g/mol. The lowest BCUT2D eigenvalue weighted by Crippen LogP contribution is -2.38. The maximum Gasteiger partial charge on any atom is 0.410 e. The predicted octanol–water partition coefficient (Wildman–Crippen LogP) is 4.23. The van der Waals surface area contributed by atoms with E-state index in [2.05, 4.69) is 22.5 Å². The van der Waals surface area contributed by atoms with E-state index in [4.69, 9.17) is 4.74 Å². The van der Waals surface area contributed by atoms with E-state index in [1.54, 1.807) is 41.6 Å². The van der Waals surface area contributed by atoms with Gasteiger partial charge in [-0.2, -0.15) is 0 Å². The van der Waals surface area contributed by atoms with Crippen LogP contribution in [0.1, 0.15) is 56.5 Å². The Morgan fingerprint density at radius 1 is 1.18 bits per heavy atom. The standard InChI is InChI=1S/C26H34N4O4/c1-18-14-22(18)24(32)29-21-10-5-9-20(15-21)23(31)28-12-7-13-30(25(33)34-26(2,3)4)17-19-8-6-11-27-16-19/h5-6,8-11,15-16,18,22H,7,12-14,17H2,1-4H3,(H,28,31)(H,29,32). The summed E-state index contributed by atoms with van der Waals surface area (Å²) in [6.45, 7) is 8.72. The lowest BCUT2D eigenvalue weighted by molar-refractivity contribution is -0.117. The molecular weight excluding hydrogens is 432 g/mol. The predicted molar refractivity (Wildman–Crippen MR) is 130 cm³/mol. The Morgan fingerprint density at radius 2 is 1.94 bits per heavy atom. The average Bonchev–Trinajstić information content (AvgIpc) is 3.52. The van der Waals surface area contributed by atoms with Crippen LogP contribution in [0.4, 0.5) is 10.5 Å². The Kier molecular flexibility index (Phi) is 8.26. The van der Waals surface area contributed by atoms with E-state index in [9.17, 15) is 14.4 Å². The van der Waals surface area contributed by atoms with E-state index in [0.717, 1.165) is 12.0 Å². The summed E-state index contributed by atoms with van der Waals surface area (Å²) in [4.78, 5) is 43.1. The fourth-order valence-electron chi connectivity index (χ4n) is 3.51. The molecule has 2 aromatic rings. The zero-order valence-electron chi connectivity index (χ0n) is 20.3. The van der Waals surface area contributed by atoms with Gasteiger partial charge in [0.05, 0.1) is 6.54 Å². The summed E-state index contributed by atoms with van der Waals surface area (Å²) in [5.74, 6) is 0.259. The first-order valence-electron chi connectivity index (χ1n) is 11.7. The number of carbonyl (C=O) groups is 3. The van der Waals surface area contributed by atoms with Crippen molar-refractivity contribution in [3.8, 4) is 0 Å². The first-order chi connectivity index (χ1) is 16.1. The number of hydrogen-bond acceptors (Lipinski definition) is 5. The van der Waals surface area contributed by atoms with Crippen molar-refractivity contribution in [3.63, 3.8) is 0 Å². The zero-order valence-corrected chi connectivity index (χ0v) is 20.3. The van der Waals surface area contributed by atoms with Crippen LogP contribution in [0.5, 0.6) is 0 Å². The molecule has 2 unspecified atom stereocenters. The minimum atomic E-state index is -0.601. The van der Waals surface area contributed by atoms with Gasteiger partial charge in [-0.15, -0.1) is 0 Å². The number of carbonyl (C=O) groups excluding carboxylic acids is 3. The smallest absolute Gasteiger partial charge is 0.410 e. The van der Waals surface area contributed by atoms with Crippen LogP contribution < -0.4 is 10.6 Å². The largest absolute Gasteiger partial charge is 0.444 e. The van der Waals surface area contributed by atoms with Crippen molar-refractivity contribution in [2.75, 3.05) is 18.4 Å². The van der Waals surface area contributed by atoms with Crippen molar-refractivity contribution in [2.24, 2.45) is 11.8 Å². The highest BCUT2D eigenvalue weighted by Crippen LogP contribution is 2.38. The van der Waals surface area contributed by atoms with Crippen LogP contribution >= 0.6 is 0 Å². The molecular formula is C26H34N4O4. The molecule has 8 heteroatoms. The molecule has 0 saturated heterocycles. The van der Waals surface area contributed by atoms with Gasteiger partial charge in [0.2, 0.25) is 5.91 Å². The minimum Gasteiger partial charge on any atom is -0.444 e. The number of nitrogens with zero attached hydrogens (tertiary/aromatic N) is 2. The topological polar surface area (TPSA) is 101 Å². The molecule has 0 bridgehead atoms. The third-order valence-electron chi connectivity index (χ3n) is 5.48. The Balaban J connectivity index is 1.51. The molecule has 2 N–H and O–H groups in total. The molecule has 1 aromatic heterocycles. The number of anilines is 1. The molecule has 3 rings (SSSR count). The first kappa shape index (κ1) is 25.2.